The molecular formula is C15H24N2OS. The van der Waals surface area contributed by atoms with Gasteiger partial charge < -0.3 is 9.67 Å². The molecule has 1 aliphatic carbocycles. The lowest BCUT2D eigenvalue weighted by atomic mass is 9.95. The first kappa shape index (κ1) is 13.5. The fourth-order valence-corrected chi connectivity index (χ4v) is 4.30. The molecule has 1 saturated heterocycles. The van der Waals surface area contributed by atoms with E-state index in [0.29, 0.717) is 0 Å². The van der Waals surface area contributed by atoms with Gasteiger partial charge in [0.05, 0.1) is 6.10 Å². The zero-order chi connectivity index (χ0) is 13.2. The van der Waals surface area contributed by atoms with Gasteiger partial charge in [0.1, 0.15) is 0 Å². The molecule has 1 unspecified atom stereocenters. The monoisotopic (exact) mass is 280 g/mol. The molecule has 1 aromatic rings. The zero-order valence-electron chi connectivity index (χ0n) is 11.8. The maximum absolute atomic E-state index is 10.1. The molecule has 1 aliphatic heterocycles. The van der Waals surface area contributed by atoms with Gasteiger partial charge in [-0.3, -0.25) is 4.90 Å². The van der Waals surface area contributed by atoms with E-state index >= 15 is 0 Å². The number of aliphatic hydroxyl groups excluding tert-OH is 1. The molecule has 3 rings (SSSR count). The highest BCUT2D eigenvalue weighted by molar-refractivity contribution is 7.99. The van der Waals surface area contributed by atoms with Gasteiger partial charge in [-0.15, -0.1) is 0 Å². The number of hydrogen-bond donors (Lipinski definition) is 1. The van der Waals surface area contributed by atoms with E-state index in [9.17, 15) is 5.11 Å². The maximum atomic E-state index is 10.1. The number of nitrogens with zero attached hydrogens (tertiary/aromatic N) is 2. The van der Waals surface area contributed by atoms with Gasteiger partial charge in [0, 0.05) is 54.6 Å². The molecule has 1 aromatic heterocycles. The summed E-state index contributed by atoms with van der Waals surface area (Å²) in [4.78, 5) is 2.57. The standard InChI is InChI=1S/C15H24N2OS/c1-12-11-13-14(3-2-4-15(13)18)17(12)6-5-16-7-9-19-10-8-16/h11,15,18H,2-10H2,1H3. The molecule has 0 aromatic carbocycles. The van der Waals surface area contributed by atoms with E-state index in [-0.39, 0.29) is 6.10 Å². The summed E-state index contributed by atoms with van der Waals surface area (Å²) < 4.78 is 2.44. The summed E-state index contributed by atoms with van der Waals surface area (Å²) in [7, 11) is 0. The second-order valence-corrected chi connectivity index (χ2v) is 6.93. The van der Waals surface area contributed by atoms with Crippen molar-refractivity contribution in [1.29, 1.82) is 0 Å². The molecule has 0 amide bonds. The number of fused-ring (bicyclic) bond motifs is 1. The van der Waals surface area contributed by atoms with Crippen LogP contribution < -0.4 is 0 Å². The van der Waals surface area contributed by atoms with Crippen LogP contribution in [-0.2, 0) is 13.0 Å². The molecular weight excluding hydrogens is 256 g/mol. The normalized spacial score (nSPS) is 24.4. The Hall–Kier alpha value is -0.450. The van der Waals surface area contributed by atoms with Crippen LogP contribution in [0, 0.1) is 6.92 Å². The van der Waals surface area contributed by atoms with Crippen molar-refractivity contribution in [2.75, 3.05) is 31.1 Å². The van der Waals surface area contributed by atoms with Crippen molar-refractivity contribution in [3.63, 3.8) is 0 Å². The predicted octanol–water partition coefficient (Wildman–Crippen LogP) is 2.22. The highest BCUT2D eigenvalue weighted by Gasteiger charge is 2.23. The van der Waals surface area contributed by atoms with Crippen LogP contribution >= 0.6 is 11.8 Å². The third kappa shape index (κ3) is 2.86. The molecule has 2 aliphatic rings. The Bertz CT molecular complexity index is 438. The highest BCUT2D eigenvalue weighted by Crippen LogP contribution is 2.32. The van der Waals surface area contributed by atoms with Gasteiger partial charge in [-0.1, -0.05) is 0 Å². The molecule has 1 fully saturated rings. The van der Waals surface area contributed by atoms with E-state index in [4.69, 9.17) is 0 Å². The second-order valence-electron chi connectivity index (χ2n) is 5.70. The van der Waals surface area contributed by atoms with Crippen molar-refractivity contribution in [3.8, 4) is 0 Å². The quantitative estimate of drug-likeness (QED) is 0.920. The average Bonchev–Trinajstić information content (AvgIpc) is 2.75. The lowest BCUT2D eigenvalue weighted by Gasteiger charge is -2.27. The van der Waals surface area contributed by atoms with Gasteiger partial charge in [-0.25, -0.2) is 0 Å². The van der Waals surface area contributed by atoms with Crippen molar-refractivity contribution >= 4 is 11.8 Å². The minimum Gasteiger partial charge on any atom is -0.388 e. The minimum absolute atomic E-state index is 0.227. The Balaban J connectivity index is 1.70. The van der Waals surface area contributed by atoms with Gasteiger partial charge >= 0.3 is 0 Å². The summed E-state index contributed by atoms with van der Waals surface area (Å²) in [6, 6.07) is 2.20. The molecule has 3 nitrogen and oxygen atoms in total. The Morgan fingerprint density at radius 1 is 1.32 bits per heavy atom. The number of aliphatic hydroxyl groups is 1. The first-order chi connectivity index (χ1) is 9.25. The SMILES string of the molecule is Cc1cc2c(n1CCN1CCSCC1)CCCC2O. The van der Waals surface area contributed by atoms with E-state index in [2.05, 4.69) is 34.2 Å². The van der Waals surface area contributed by atoms with Crippen LogP contribution in [-0.4, -0.2) is 45.7 Å². The lowest BCUT2D eigenvalue weighted by Crippen LogP contribution is -2.35. The molecule has 0 radical (unpaired) electrons. The molecule has 19 heavy (non-hydrogen) atoms. The molecule has 4 heteroatoms. The van der Waals surface area contributed by atoms with E-state index < -0.39 is 0 Å². The molecule has 1 atom stereocenters. The van der Waals surface area contributed by atoms with Crippen LogP contribution in [0.25, 0.3) is 0 Å². The molecule has 0 bridgehead atoms. The van der Waals surface area contributed by atoms with Crippen LogP contribution in [0.3, 0.4) is 0 Å². The van der Waals surface area contributed by atoms with Crippen LogP contribution in [0.15, 0.2) is 6.07 Å². The van der Waals surface area contributed by atoms with Crippen molar-refractivity contribution in [2.45, 2.75) is 38.8 Å². The third-order valence-corrected chi connectivity index (χ3v) is 5.39. The smallest absolute Gasteiger partial charge is 0.0807 e. The first-order valence-corrected chi connectivity index (χ1v) is 8.58. The molecule has 2 heterocycles. The molecule has 1 N–H and O–H groups in total. The summed E-state index contributed by atoms with van der Waals surface area (Å²) >= 11 is 2.07. The summed E-state index contributed by atoms with van der Waals surface area (Å²) in [6.45, 7) is 6.87. The van der Waals surface area contributed by atoms with Gasteiger partial charge in [0.2, 0.25) is 0 Å². The predicted molar refractivity (Wildman–Crippen MR) is 80.8 cm³/mol. The first-order valence-electron chi connectivity index (χ1n) is 7.43. The van der Waals surface area contributed by atoms with Crippen molar-refractivity contribution < 1.29 is 5.11 Å². The second kappa shape index (κ2) is 5.90. The fraction of sp³-hybridized carbons (Fsp3) is 0.733. The average molecular weight is 280 g/mol. The Labute approximate surface area is 120 Å². The van der Waals surface area contributed by atoms with Gasteiger partial charge in [0.25, 0.3) is 0 Å². The zero-order valence-corrected chi connectivity index (χ0v) is 12.6. The summed E-state index contributed by atoms with van der Waals surface area (Å²) in [5, 5.41) is 10.1. The highest BCUT2D eigenvalue weighted by atomic mass is 32.2. The third-order valence-electron chi connectivity index (χ3n) is 4.44. The summed E-state index contributed by atoms with van der Waals surface area (Å²) in [6.07, 6.45) is 2.96. The lowest BCUT2D eigenvalue weighted by molar-refractivity contribution is 0.155. The maximum Gasteiger partial charge on any atom is 0.0807 e. The number of rotatable bonds is 3. The topological polar surface area (TPSA) is 28.4 Å². The Morgan fingerprint density at radius 2 is 2.11 bits per heavy atom. The van der Waals surface area contributed by atoms with Crippen LogP contribution in [0.1, 0.15) is 35.9 Å². The fourth-order valence-electron chi connectivity index (χ4n) is 3.32. The van der Waals surface area contributed by atoms with E-state index in [1.807, 2.05) is 0 Å². The van der Waals surface area contributed by atoms with Gasteiger partial charge in [0.15, 0.2) is 0 Å². The number of aryl methyl sites for hydroxylation is 1. The molecule has 0 spiro atoms. The van der Waals surface area contributed by atoms with Gasteiger partial charge in [-0.2, -0.15) is 11.8 Å². The summed E-state index contributed by atoms with van der Waals surface area (Å²) in [5.41, 5.74) is 3.90. The Kier molecular flexibility index (Phi) is 4.20. The van der Waals surface area contributed by atoms with Gasteiger partial charge in [-0.05, 0) is 32.3 Å². The van der Waals surface area contributed by atoms with E-state index in [0.717, 1.165) is 32.4 Å². The van der Waals surface area contributed by atoms with Crippen LogP contribution in [0.5, 0.6) is 0 Å². The Morgan fingerprint density at radius 3 is 2.89 bits per heavy atom. The van der Waals surface area contributed by atoms with Crippen molar-refractivity contribution in [1.82, 2.24) is 9.47 Å². The van der Waals surface area contributed by atoms with Crippen LogP contribution in [0.2, 0.25) is 0 Å². The summed E-state index contributed by atoms with van der Waals surface area (Å²) in [5.74, 6) is 2.56. The van der Waals surface area contributed by atoms with E-state index in [1.165, 1.54) is 41.5 Å². The number of hydrogen-bond acceptors (Lipinski definition) is 3. The largest absolute Gasteiger partial charge is 0.388 e. The number of thioether (sulfide) groups is 1. The van der Waals surface area contributed by atoms with E-state index in [1.54, 1.807) is 0 Å². The molecule has 106 valence electrons. The van der Waals surface area contributed by atoms with Crippen LogP contribution in [0.4, 0.5) is 0 Å². The minimum atomic E-state index is -0.227. The van der Waals surface area contributed by atoms with Crippen molar-refractivity contribution in [3.05, 3.63) is 23.0 Å². The van der Waals surface area contributed by atoms with Crippen molar-refractivity contribution in [2.24, 2.45) is 0 Å². The molecule has 0 saturated carbocycles. The number of aromatic nitrogens is 1.